The van der Waals surface area contributed by atoms with Crippen molar-refractivity contribution in [3.05, 3.63) is 59.7 Å². The summed E-state index contributed by atoms with van der Waals surface area (Å²) in [5, 5.41) is 15.5. The molecule has 184 valence electrons. The molecule has 3 N–H and O–H groups in total. The lowest BCUT2D eigenvalue weighted by molar-refractivity contribution is -0.149. The number of hydrogen-bond acceptors (Lipinski definition) is 4. The Labute approximate surface area is 205 Å². The van der Waals surface area contributed by atoms with Gasteiger partial charge in [0.25, 0.3) is 0 Å². The standard InChI is InChI=1S/C28H32N2O5/c1-27(25(32)33)13-6-12-23(27)29-24(31)16-28(14-7-15-28)30-26(34)35-17-22-20-10-4-2-8-18(20)19-9-3-5-11-21(19)22/h2-5,8-11,22-23H,6-7,12-17H2,1H3,(H,29,31)(H,30,34)(H,32,33). The summed E-state index contributed by atoms with van der Waals surface area (Å²) >= 11 is 0. The van der Waals surface area contributed by atoms with Gasteiger partial charge in [-0.05, 0) is 61.3 Å². The van der Waals surface area contributed by atoms with Crippen LogP contribution in [0.3, 0.4) is 0 Å². The molecule has 0 radical (unpaired) electrons. The van der Waals surface area contributed by atoms with E-state index in [0.717, 1.165) is 24.0 Å². The highest BCUT2D eigenvalue weighted by Gasteiger charge is 2.47. The molecule has 2 fully saturated rings. The predicted molar refractivity (Wildman–Crippen MR) is 131 cm³/mol. The fourth-order valence-corrected chi connectivity index (χ4v) is 6.01. The molecular weight excluding hydrogens is 444 g/mol. The van der Waals surface area contributed by atoms with Crippen molar-refractivity contribution in [3.8, 4) is 11.1 Å². The van der Waals surface area contributed by atoms with E-state index in [1.807, 2.05) is 24.3 Å². The Morgan fingerprint density at radius 3 is 2.17 bits per heavy atom. The van der Waals surface area contributed by atoms with Gasteiger partial charge in [-0.3, -0.25) is 9.59 Å². The molecule has 0 saturated heterocycles. The Balaban J connectivity index is 1.20. The quantitative estimate of drug-likeness (QED) is 0.542. The first-order valence-electron chi connectivity index (χ1n) is 12.5. The molecule has 0 aromatic heterocycles. The van der Waals surface area contributed by atoms with Crippen molar-refractivity contribution >= 4 is 18.0 Å². The van der Waals surface area contributed by atoms with Crippen molar-refractivity contribution < 1.29 is 24.2 Å². The zero-order valence-corrected chi connectivity index (χ0v) is 20.0. The smallest absolute Gasteiger partial charge is 0.407 e. The average molecular weight is 477 g/mol. The summed E-state index contributed by atoms with van der Waals surface area (Å²) in [5.41, 5.74) is 3.07. The van der Waals surface area contributed by atoms with Gasteiger partial charge in [0.1, 0.15) is 6.61 Å². The summed E-state index contributed by atoms with van der Waals surface area (Å²) in [4.78, 5) is 37.4. The second-order valence-electron chi connectivity index (χ2n) is 10.5. The number of carboxylic acids is 1. The minimum absolute atomic E-state index is 0.0233. The zero-order valence-electron chi connectivity index (χ0n) is 20.0. The van der Waals surface area contributed by atoms with Crippen LogP contribution in [-0.4, -0.2) is 41.3 Å². The molecule has 7 heteroatoms. The van der Waals surface area contributed by atoms with E-state index >= 15 is 0 Å². The van der Waals surface area contributed by atoms with E-state index in [1.165, 1.54) is 11.1 Å². The number of carbonyl (C=O) groups is 3. The van der Waals surface area contributed by atoms with Crippen molar-refractivity contribution in [2.45, 2.75) is 69.4 Å². The third-order valence-corrected chi connectivity index (χ3v) is 8.30. The lowest BCUT2D eigenvalue weighted by Crippen LogP contribution is -2.57. The first kappa shape index (κ1) is 23.4. The molecule has 2 amide bonds. The van der Waals surface area contributed by atoms with Gasteiger partial charge in [-0.2, -0.15) is 0 Å². The normalized spacial score (nSPS) is 24.1. The molecule has 0 bridgehead atoms. The molecule has 2 aromatic rings. The number of hydrogen-bond donors (Lipinski definition) is 3. The molecule has 2 aromatic carbocycles. The highest BCUT2D eigenvalue weighted by atomic mass is 16.5. The second-order valence-corrected chi connectivity index (χ2v) is 10.5. The predicted octanol–water partition coefficient (Wildman–Crippen LogP) is 4.60. The Morgan fingerprint density at radius 1 is 0.971 bits per heavy atom. The fraction of sp³-hybridized carbons (Fsp3) is 0.464. The maximum Gasteiger partial charge on any atom is 0.407 e. The van der Waals surface area contributed by atoms with Crippen molar-refractivity contribution in [2.75, 3.05) is 6.61 Å². The second kappa shape index (κ2) is 9.02. The van der Waals surface area contributed by atoms with Gasteiger partial charge >= 0.3 is 12.1 Å². The number of rotatable bonds is 7. The van der Waals surface area contributed by atoms with Crippen LogP contribution in [0.4, 0.5) is 4.79 Å². The molecule has 0 spiro atoms. The van der Waals surface area contributed by atoms with Crippen LogP contribution in [0.15, 0.2) is 48.5 Å². The van der Waals surface area contributed by atoms with Crippen LogP contribution >= 0.6 is 0 Å². The summed E-state index contributed by atoms with van der Waals surface area (Å²) in [6.07, 6.45) is 3.91. The molecule has 7 nitrogen and oxygen atoms in total. The van der Waals surface area contributed by atoms with E-state index in [4.69, 9.17) is 4.74 Å². The number of ether oxygens (including phenoxy) is 1. The van der Waals surface area contributed by atoms with Crippen LogP contribution < -0.4 is 10.6 Å². The number of alkyl carbamates (subject to hydrolysis) is 1. The number of carboxylic acid groups (broad SMARTS) is 1. The minimum Gasteiger partial charge on any atom is -0.481 e. The number of amides is 2. The summed E-state index contributed by atoms with van der Waals surface area (Å²) in [7, 11) is 0. The zero-order chi connectivity index (χ0) is 24.6. The summed E-state index contributed by atoms with van der Waals surface area (Å²) < 4.78 is 5.69. The topological polar surface area (TPSA) is 105 Å². The van der Waals surface area contributed by atoms with Gasteiger partial charge in [0.15, 0.2) is 0 Å². The number of aliphatic carboxylic acids is 1. The maximum absolute atomic E-state index is 12.8. The van der Waals surface area contributed by atoms with Gasteiger partial charge in [0.2, 0.25) is 5.91 Å². The van der Waals surface area contributed by atoms with Crippen molar-refractivity contribution in [1.82, 2.24) is 10.6 Å². The van der Waals surface area contributed by atoms with Gasteiger partial charge in [-0.25, -0.2) is 4.79 Å². The first-order valence-corrected chi connectivity index (χ1v) is 12.5. The van der Waals surface area contributed by atoms with E-state index in [2.05, 4.69) is 34.9 Å². The van der Waals surface area contributed by atoms with E-state index in [0.29, 0.717) is 25.7 Å². The van der Waals surface area contributed by atoms with Crippen molar-refractivity contribution in [2.24, 2.45) is 5.41 Å². The third-order valence-electron chi connectivity index (χ3n) is 8.30. The molecule has 2 atom stereocenters. The van der Waals surface area contributed by atoms with Crippen LogP contribution in [0, 0.1) is 5.41 Å². The van der Waals surface area contributed by atoms with Gasteiger partial charge in [-0.15, -0.1) is 0 Å². The van der Waals surface area contributed by atoms with E-state index in [9.17, 15) is 19.5 Å². The lowest BCUT2D eigenvalue weighted by atomic mass is 9.74. The average Bonchev–Trinajstić information content (AvgIpc) is 3.35. The van der Waals surface area contributed by atoms with Crippen molar-refractivity contribution in [3.63, 3.8) is 0 Å². The van der Waals surface area contributed by atoms with Gasteiger partial charge in [0, 0.05) is 18.4 Å². The number of fused-ring (bicyclic) bond motifs is 3. The van der Waals surface area contributed by atoms with Crippen LogP contribution in [-0.2, 0) is 14.3 Å². The van der Waals surface area contributed by atoms with E-state index in [1.54, 1.807) is 6.92 Å². The summed E-state index contributed by atoms with van der Waals surface area (Å²) in [6.45, 7) is 1.92. The number of nitrogens with one attached hydrogen (secondary N) is 2. The molecule has 0 aliphatic heterocycles. The molecule has 35 heavy (non-hydrogen) atoms. The van der Waals surface area contributed by atoms with Crippen LogP contribution in [0.5, 0.6) is 0 Å². The van der Waals surface area contributed by atoms with Gasteiger partial charge < -0.3 is 20.5 Å². The molecule has 3 aliphatic carbocycles. The molecule has 5 rings (SSSR count). The summed E-state index contributed by atoms with van der Waals surface area (Å²) in [6, 6.07) is 16.0. The number of benzene rings is 2. The molecule has 2 saturated carbocycles. The lowest BCUT2D eigenvalue weighted by Gasteiger charge is -2.42. The molecule has 3 aliphatic rings. The Bertz CT molecular complexity index is 1110. The summed E-state index contributed by atoms with van der Waals surface area (Å²) in [5.74, 6) is -1.12. The number of carbonyl (C=O) groups excluding carboxylic acids is 2. The molecule has 2 unspecified atom stereocenters. The molecule has 0 heterocycles. The Morgan fingerprint density at radius 2 is 1.60 bits per heavy atom. The minimum atomic E-state index is -0.942. The van der Waals surface area contributed by atoms with Gasteiger partial charge in [-0.1, -0.05) is 55.0 Å². The fourth-order valence-electron chi connectivity index (χ4n) is 6.01. The Hall–Kier alpha value is -3.35. The maximum atomic E-state index is 12.8. The van der Waals surface area contributed by atoms with Crippen LogP contribution in [0.25, 0.3) is 11.1 Å². The van der Waals surface area contributed by atoms with Crippen molar-refractivity contribution in [1.29, 1.82) is 0 Å². The SMILES string of the molecule is CC1(C(=O)O)CCCC1NC(=O)CC1(NC(=O)OCC2c3ccccc3-c3ccccc32)CCC1. The van der Waals surface area contributed by atoms with Crippen LogP contribution in [0.1, 0.15) is 68.9 Å². The highest BCUT2D eigenvalue weighted by molar-refractivity contribution is 5.82. The third kappa shape index (κ3) is 4.28. The largest absolute Gasteiger partial charge is 0.481 e. The highest BCUT2D eigenvalue weighted by Crippen LogP contribution is 2.44. The Kier molecular flexibility index (Phi) is 6.03. The van der Waals surface area contributed by atoms with E-state index in [-0.39, 0.29) is 30.9 Å². The van der Waals surface area contributed by atoms with Crippen LogP contribution in [0.2, 0.25) is 0 Å². The monoisotopic (exact) mass is 476 g/mol. The van der Waals surface area contributed by atoms with Gasteiger partial charge in [0.05, 0.1) is 11.0 Å². The van der Waals surface area contributed by atoms with E-state index < -0.39 is 23.0 Å². The first-order chi connectivity index (χ1) is 16.8. The molecular formula is C28H32N2O5.